The van der Waals surface area contributed by atoms with Crippen LogP contribution in [-0.2, 0) is 20.8 Å². The largest absolute Gasteiger partial charge is 0.494 e. The molecular weight excluding hydrogens is 372 g/mol. The fourth-order valence-electron chi connectivity index (χ4n) is 3.23. The van der Waals surface area contributed by atoms with Gasteiger partial charge in [0.25, 0.3) is 5.91 Å². The number of urea groups is 1. The number of nitrogens with zero attached hydrogens (tertiary/aromatic N) is 2. The highest BCUT2D eigenvalue weighted by Gasteiger charge is 2.42. The van der Waals surface area contributed by atoms with Crippen LogP contribution >= 0.6 is 0 Å². The third kappa shape index (κ3) is 4.64. The Morgan fingerprint density at radius 2 is 1.89 bits per heavy atom. The van der Waals surface area contributed by atoms with Crippen molar-refractivity contribution in [2.75, 3.05) is 27.2 Å². The van der Waals surface area contributed by atoms with Gasteiger partial charge in [0.2, 0.25) is 0 Å². The number of amides is 3. The van der Waals surface area contributed by atoms with E-state index in [-0.39, 0.29) is 11.4 Å². The average molecular weight is 396 g/mol. The maximum atomic E-state index is 13.0. The number of rotatable bonds is 5. The van der Waals surface area contributed by atoms with Crippen molar-refractivity contribution in [1.29, 1.82) is 0 Å². The number of likely N-dealkylation sites (tertiary alicyclic amines) is 1. The highest BCUT2D eigenvalue weighted by atomic mass is 32.2. The van der Waals surface area contributed by atoms with Crippen LogP contribution in [0.2, 0.25) is 0 Å². The van der Waals surface area contributed by atoms with Crippen LogP contribution in [0.1, 0.15) is 31.7 Å². The molecule has 1 aliphatic heterocycles. The fourth-order valence-corrected chi connectivity index (χ4v) is 3.53. The third-order valence-electron chi connectivity index (χ3n) is 4.80. The first kappa shape index (κ1) is 20.8. The zero-order valence-electron chi connectivity index (χ0n) is 15.6. The molecule has 10 heteroatoms. The fraction of sp³-hybridized carbons (Fsp3) is 0.529. The smallest absolute Gasteiger partial charge is 0.321 e. The van der Waals surface area contributed by atoms with Gasteiger partial charge in [-0.25, -0.2) is 4.79 Å². The Morgan fingerprint density at radius 3 is 2.44 bits per heavy atom. The third-order valence-corrected chi connectivity index (χ3v) is 5.14. The van der Waals surface area contributed by atoms with Crippen molar-refractivity contribution in [1.82, 2.24) is 15.5 Å². The van der Waals surface area contributed by atoms with Gasteiger partial charge in [0, 0.05) is 7.05 Å². The normalized spacial score (nSPS) is 16.7. The quantitative estimate of drug-likeness (QED) is 0.780. The average Bonchev–Trinajstić information content (AvgIpc) is 2.67. The van der Waals surface area contributed by atoms with Crippen molar-refractivity contribution in [3.05, 3.63) is 23.8 Å². The molecule has 0 spiro atoms. The maximum absolute atomic E-state index is 13.0. The molecule has 2 N–H and O–H groups in total. The molecule has 148 valence electrons. The Balaban J connectivity index is 2.57. The maximum Gasteiger partial charge on any atom is 0.321 e. The molecule has 1 aromatic rings. The minimum Gasteiger partial charge on any atom is -0.494 e. The van der Waals surface area contributed by atoms with Crippen LogP contribution in [0.5, 0.6) is 5.75 Å². The van der Waals surface area contributed by atoms with E-state index in [2.05, 4.69) is 15.0 Å². The molecule has 1 fully saturated rings. The zero-order valence-corrected chi connectivity index (χ0v) is 16.4. The summed E-state index contributed by atoms with van der Waals surface area (Å²) in [4.78, 5) is 26.7. The van der Waals surface area contributed by atoms with E-state index in [0.717, 1.165) is 19.3 Å². The van der Waals surface area contributed by atoms with E-state index in [1.165, 1.54) is 20.2 Å². The number of methoxy groups -OCH3 is 1. The predicted molar refractivity (Wildman–Crippen MR) is 99.4 cm³/mol. The summed E-state index contributed by atoms with van der Waals surface area (Å²) in [7, 11) is 0.159. The number of hydrogen-bond donors (Lipinski definition) is 2. The lowest BCUT2D eigenvalue weighted by Crippen LogP contribution is -2.57. The molecule has 1 aromatic carbocycles. The van der Waals surface area contributed by atoms with Crippen LogP contribution in [0.4, 0.5) is 10.5 Å². The SMILES string of the molecule is CNC(=O)NC(=O)C(C)(c1ccc(OC)c(N=S(=O)=O)c1)N1CCCCC1. The highest BCUT2D eigenvalue weighted by Crippen LogP contribution is 2.37. The molecule has 1 atom stereocenters. The summed E-state index contributed by atoms with van der Waals surface area (Å²) in [5, 5.41) is 4.71. The highest BCUT2D eigenvalue weighted by molar-refractivity contribution is 7.61. The minimum absolute atomic E-state index is 0.0966. The van der Waals surface area contributed by atoms with E-state index in [0.29, 0.717) is 18.7 Å². The molecule has 1 saturated heterocycles. The Hall–Kier alpha value is -2.46. The molecule has 2 rings (SSSR count). The number of nitrogens with one attached hydrogen (secondary N) is 2. The molecule has 1 heterocycles. The second kappa shape index (κ2) is 8.96. The first-order chi connectivity index (χ1) is 12.8. The van der Waals surface area contributed by atoms with Crippen LogP contribution in [-0.4, -0.2) is 52.5 Å². The van der Waals surface area contributed by atoms with Gasteiger partial charge in [-0.15, -0.1) is 4.36 Å². The standard InChI is InChI=1S/C17H24N4O5S/c1-17(15(22)19-16(23)18-2,21-9-5-4-6-10-21)12-7-8-14(26-3)13(11-12)20-27(24)25/h7-8,11H,4-6,9-10H2,1-3H3,(H2,18,19,22,23). The lowest BCUT2D eigenvalue weighted by Gasteiger charge is -2.42. The van der Waals surface area contributed by atoms with Gasteiger partial charge in [0.15, 0.2) is 0 Å². The van der Waals surface area contributed by atoms with Gasteiger partial charge in [-0.2, -0.15) is 8.42 Å². The van der Waals surface area contributed by atoms with Crippen molar-refractivity contribution < 1.29 is 22.7 Å². The Morgan fingerprint density at radius 1 is 1.22 bits per heavy atom. The molecule has 1 aliphatic rings. The van der Waals surface area contributed by atoms with Crippen molar-refractivity contribution in [3.8, 4) is 5.75 Å². The molecule has 0 radical (unpaired) electrons. The van der Waals surface area contributed by atoms with Gasteiger partial charge in [0.1, 0.15) is 17.0 Å². The van der Waals surface area contributed by atoms with Gasteiger partial charge in [-0.3, -0.25) is 15.0 Å². The Labute approximate surface area is 159 Å². The van der Waals surface area contributed by atoms with E-state index in [4.69, 9.17) is 4.74 Å². The Bertz CT molecular complexity index is 841. The second-order valence-electron chi connectivity index (χ2n) is 6.35. The van der Waals surface area contributed by atoms with E-state index < -0.39 is 28.0 Å². The van der Waals surface area contributed by atoms with Crippen LogP contribution in [0.25, 0.3) is 0 Å². The zero-order chi connectivity index (χ0) is 20.0. The van der Waals surface area contributed by atoms with E-state index in [1.54, 1.807) is 19.1 Å². The summed E-state index contributed by atoms with van der Waals surface area (Å²) >= 11 is 0. The number of ether oxygens (including phenoxy) is 1. The van der Waals surface area contributed by atoms with Gasteiger partial charge in [-0.1, -0.05) is 12.5 Å². The molecular formula is C17H24N4O5S. The number of carbonyl (C=O) groups is 2. The first-order valence-electron chi connectivity index (χ1n) is 8.60. The molecule has 9 nitrogen and oxygen atoms in total. The van der Waals surface area contributed by atoms with Crippen LogP contribution in [0, 0.1) is 0 Å². The molecule has 0 bridgehead atoms. The molecule has 1 unspecified atom stereocenters. The number of piperidine rings is 1. The minimum atomic E-state index is -2.67. The summed E-state index contributed by atoms with van der Waals surface area (Å²) in [6.45, 7) is 3.09. The summed E-state index contributed by atoms with van der Waals surface area (Å²) < 4.78 is 30.8. The van der Waals surface area contributed by atoms with Crippen molar-refractivity contribution in [2.45, 2.75) is 31.7 Å². The van der Waals surface area contributed by atoms with Gasteiger partial charge >= 0.3 is 16.5 Å². The number of benzene rings is 1. The lowest BCUT2D eigenvalue weighted by atomic mass is 9.86. The molecule has 0 saturated carbocycles. The van der Waals surface area contributed by atoms with E-state index in [1.807, 2.05) is 4.90 Å². The summed E-state index contributed by atoms with van der Waals surface area (Å²) in [5.74, 6) is -0.223. The number of imide groups is 1. The monoisotopic (exact) mass is 396 g/mol. The van der Waals surface area contributed by atoms with E-state index >= 15 is 0 Å². The first-order valence-corrected chi connectivity index (χ1v) is 9.64. The van der Waals surface area contributed by atoms with E-state index in [9.17, 15) is 18.0 Å². The summed E-state index contributed by atoms with van der Waals surface area (Å²) in [6.07, 6.45) is 2.93. The number of carbonyl (C=O) groups excluding carboxylic acids is 2. The summed E-state index contributed by atoms with van der Waals surface area (Å²) in [5.41, 5.74) is -0.552. The second-order valence-corrected chi connectivity index (χ2v) is 6.96. The lowest BCUT2D eigenvalue weighted by molar-refractivity contribution is -0.133. The molecule has 0 aliphatic carbocycles. The predicted octanol–water partition coefficient (Wildman–Crippen LogP) is 1.55. The molecule has 3 amide bonds. The molecule has 0 aromatic heterocycles. The summed E-state index contributed by atoms with van der Waals surface area (Å²) in [6, 6.07) is 4.15. The van der Waals surface area contributed by atoms with Crippen LogP contribution in [0.3, 0.4) is 0 Å². The van der Waals surface area contributed by atoms with Crippen LogP contribution in [0.15, 0.2) is 22.6 Å². The van der Waals surface area contributed by atoms with Crippen molar-refractivity contribution in [3.63, 3.8) is 0 Å². The molecule has 27 heavy (non-hydrogen) atoms. The van der Waals surface area contributed by atoms with Crippen molar-refractivity contribution in [2.24, 2.45) is 4.36 Å². The van der Waals surface area contributed by atoms with Gasteiger partial charge < -0.3 is 10.1 Å². The number of hydrogen-bond acceptors (Lipinski definition) is 7. The Kier molecular flexibility index (Phi) is 6.92. The van der Waals surface area contributed by atoms with Crippen LogP contribution < -0.4 is 15.4 Å². The topological polar surface area (TPSA) is 117 Å². The van der Waals surface area contributed by atoms with Gasteiger partial charge in [-0.05, 0) is 50.6 Å². The van der Waals surface area contributed by atoms with Gasteiger partial charge in [0.05, 0.1) is 7.11 Å². The van der Waals surface area contributed by atoms with Crippen molar-refractivity contribution >= 4 is 28.1 Å².